The van der Waals surface area contributed by atoms with Gasteiger partial charge in [-0.05, 0) is 30.7 Å². The van der Waals surface area contributed by atoms with Gasteiger partial charge in [-0.1, -0.05) is 6.92 Å². The fourth-order valence-corrected chi connectivity index (χ4v) is 4.72. The molecule has 1 fully saturated rings. The summed E-state index contributed by atoms with van der Waals surface area (Å²) in [5, 5.41) is 7.90. The Bertz CT molecular complexity index is 911. The normalized spacial score (nSPS) is 23.6. The first-order valence-corrected chi connectivity index (χ1v) is 10.1. The van der Waals surface area contributed by atoms with Gasteiger partial charge < -0.3 is 13.9 Å². The molecule has 0 N–H and O–H groups in total. The molecular formula is C17H21N3O5S. The van der Waals surface area contributed by atoms with E-state index in [2.05, 4.69) is 10.2 Å². The number of hydrogen-bond acceptors (Lipinski definition) is 7. The van der Waals surface area contributed by atoms with Crippen LogP contribution in [-0.2, 0) is 27.6 Å². The molecule has 26 heavy (non-hydrogen) atoms. The second-order valence-electron chi connectivity index (χ2n) is 6.51. The van der Waals surface area contributed by atoms with Crippen LogP contribution in [0.3, 0.4) is 0 Å². The second kappa shape index (κ2) is 6.64. The summed E-state index contributed by atoms with van der Waals surface area (Å²) in [5.41, 5.74) is 0.924. The van der Waals surface area contributed by atoms with Gasteiger partial charge in [0.25, 0.3) is 0 Å². The summed E-state index contributed by atoms with van der Waals surface area (Å²) in [6.45, 7) is 4.60. The Morgan fingerprint density at radius 2 is 2.15 bits per heavy atom. The van der Waals surface area contributed by atoms with Gasteiger partial charge in [-0.25, -0.2) is 8.42 Å². The minimum absolute atomic E-state index is 0.0704. The van der Waals surface area contributed by atoms with Gasteiger partial charge in [0.1, 0.15) is 18.0 Å². The van der Waals surface area contributed by atoms with Crippen molar-refractivity contribution in [3.63, 3.8) is 0 Å². The summed E-state index contributed by atoms with van der Waals surface area (Å²) < 4.78 is 44.4. The molecule has 4 rings (SSSR count). The van der Waals surface area contributed by atoms with Crippen LogP contribution in [0.2, 0.25) is 0 Å². The highest BCUT2D eigenvalue weighted by molar-refractivity contribution is 7.89. The van der Waals surface area contributed by atoms with Crippen molar-refractivity contribution in [2.24, 2.45) is 0 Å². The van der Waals surface area contributed by atoms with Gasteiger partial charge in [-0.2, -0.15) is 4.31 Å². The highest BCUT2D eigenvalue weighted by Crippen LogP contribution is 2.32. The summed E-state index contributed by atoms with van der Waals surface area (Å²) in [4.78, 5) is 0.273. The van der Waals surface area contributed by atoms with Crippen molar-refractivity contribution in [3.8, 4) is 5.75 Å². The molecule has 0 amide bonds. The number of rotatable bonds is 4. The van der Waals surface area contributed by atoms with Crippen LogP contribution in [0, 0.1) is 0 Å². The summed E-state index contributed by atoms with van der Waals surface area (Å²) in [6, 6.07) is 5.04. The molecule has 0 saturated carbocycles. The van der Waals surface area contributed by atoms with Crippen LogP contribution in [0.15, 0.2) is 27.5 Å². The van der Waals surface area contributed by atoms with Crippen LogP contribution < -0.4 is 4.74 Å². The molecule has 1 aromatic heterocycles. The van der Waals surface area contributed by atoms with Gasteiger partial charge >= 0.3 is 0 Å². The number of nitrogens with zero attached hydrogens (tertiary/aromatic N) is 3. The molecular weight excluding hydrogens is 358 g/mol. The summed E-state index contributed by atoms with van der Waals surface area (Å²) in [5.74, 6) is 1.59. The van der Waals surface area contributed by atoms with E-state index in [1.165, 1.54) is 4.31 Å². The van der Waals surface area contributed by atoms with E-state index in [9.17, 15) is 8.42 Å². The van der Waals surface area contributed by atoms with Crippen molar-refractivity contribution >= 4 is 10.0 Å². The molecule has 140 valence electrons. The van der Waals surface area contributed by atoms with Gasteiger partial charge in [0.15, 0.2) is 0 Å². The van der Waals surface area contributed by atoms with Crippen molar-refractivity contribution in [2.45, 2.75) is 43.8 Å². The molecule has 0 radical (unpaired) electrons. The Balaban J connectivity index is 1.57. The third-order valence-electron chi connectivity index (χ3n) is 4.59. The number of ether oxygens (including phenoxy) is 2. The molecule has 8 nitrogen and oxygen atoms in total. The van der Waals surface area contributed by atoms with E-state index in [4.69, 9.17) is 13.9 Å². The molecule has 2 atom stereocenters. The Morgan fingerprint density at radius 3 is 2.92 bits per heavy atom. The third kappa shape index (κ3) is 3.10. The number of sulfonamides is 1. The third-order valence-corrected chi connectivity index (χ3v) is 6.46. The Kier molecular flexibility index (Phi) is 4.45. The van der Waals surface area contributed by atoms with Crippen molar-refractivity contribution in [2.75, 3.05) is 19.7 Å². The van der Waals surface area contributed by atoms with Crippen LogP contribution in [0.25, 0.3) is 0 Å². The topological polar surface area (TPSA) is 94.8 Å². The standard InChI is InChI=1S/C17H21N3O5S/c1-3-16-18-19-17(25-16)15-10-20(6-7-23-15)26(21,22)13-4-5-14-12(9-13)8-11(2)24-14/h4-5,9,11,15H,3,6-8,10H2,1-2H3/t11-,15-/m0/s1. The van der Waals surface area contributed by atoms with Crippen molar-refractivity contribution in [1.29, 1.82) is 0 Å². The van der Waals surface area contributed by atoms with Crippen molar-refractivity contribution in [1.82, 2.24) is 14.5 Å². The van der Waals surface area contributed by atoms with E-state index in [0.717, 1.165) is 11.3 Å². The van der Waals surface area contributed by atoms with Crippen LogP contribution in [0.4, 0.5) is 0 Å². The van der Waals surface area contributed by atoms with Gasteiger partial charge in [0.2, 0.25) is 21.8 Å². The molecule has 1 aromatic carbocycles. The lowest BCUT2D eigenvalue weighted by atomic mass is 10.1. The Labute approximate surface area is 152 Å². The summed E-state index contributed by atoms with van der Waals surface area (Å²) in [7, 11) is -3.63. The maximum Gasteiger partial charge on any atom is 0.246 e. The average molecular weight is 379 g/mol. The minimum atomic E-state index is -3.63. The molecule has 2 aliphatic rings. The van der Waals surface area contributed by atoms with Crippen LogP contribution in [0.5, 0.6) is 5.75 Å². The number of fused-ring (bicyclic) bond motifs is 1. The zero-order chi connectivity index (χ0) is 18.3. The molecule has 0 spiro atoms. The lowest BCUT2D eigenvalue weighted by molar-refractivity contribution is -0.0177. The van der Waals surface area contributed by atoms with Crippen LogP contribution >= 0.6 is 0 Å². The zero-order valence-electron chi connectivity index (χ0n) is 14.7. The molecule has 3 heterocycles. The fraction of sp³-hybridized carbons (Fsp3) is 0.529. The monoisotopic (exact) mass is 379 g/mol. The lowest BCUT2D eigenvalue weighted by Gasteiger charge is -2.30. The fourth-order valence-electron chi connectivity index (χ4n) is 3.24. The zero-order valence-corrected chi connectivity index (χ0v) is 15.5. The van der Waals surface area contributed by atoms with Gasteiger partial charge in [0, 0.05) is 25.9 Å². The number of hydrogen-bond donors (Lipinski definition) is 0. The highest BCUT2D eigenvalue weighted by atomic mass is 32.2. The summed E-state index contributed by atoms with van der Waals surface area (Å²) in [6.07, 6.45) is 0.855. The van der Waals surface area contributed by atoms with Gasteiger partial charge in [-0.15, -0.1) is 10.2 Å². The first kappa shape index (κ1) is 17.4. The molecule has 9 heteroatoms. The number of benzene rings is 1. The minimum Gasteiger partial charge on any atom is -0.490 e. The van der Waals surface area contributed by atoms with E-state index in [1.54, 1.807) is 18.2 Å². The molecule has 0 bridgehead atoms. The predicted octanol–water partition coefficient (Wildman–Crippen LogP) is 1.72. The van der Waals surface area contributed by atoms with Crippen LogP contribution in [-0.4, -0.2) is 48.7 Å². The molecule has 0 aliphatic carbocycles. The van der Waals surface area contributed by atoms with Crippen molar-refractivity contribution < 1.29 is 22.3 Å². The van der Waals surface area contributed by atoms with Gasteiger partial charge in [0.05, 0.1) is 11.5 Å². The second-order valence-corrected chi connectivity index (χ2v) is 8.45. The first-order valence-electron chi connectivity index (χ1n) is 8.71. The van der Waals surface area contributed by atoms with E-state index >= 15 is 0 Å². The van der Waals surface area contributed by atoms with E-state index in [-0.39, 0.29) is 30.7 Å². The maximum atomic E-state index is 13.1. The van der Waals surface area contributed by atoms with Crippen LogP contribution in [0.1, 0.15) is 37.3 Å². The van der Waals surface area contributed by atoms with Crippen molar-refractivity contribution in [3.05, 3.63) is 35.5 Å². The smallest absolute Gasteiger partial charge is 0.246 e. The first-order chi connectivity index (χ1) is 12.5. The SMILES string of the molecule is CCc1nnc([C@@H]2CN(S(=O)(=O)c3ccc4c(c3)C[C@H](C)O4)CCO2)o1. The Hall–Kier alpha value is -1.97. The molecule has 0 unspecified atom stereocenters. The number of aryl methyl sites for hydroxylation is 1. The number of morpholine rings is 1. The summed E-state index contributed by atoms with van der Waals surface area (Å²) >= 11 is 0. The maximum absolute atomic E-state index is 13.1. The number of aromatic nitrogens is 2. The van der Waals surface area contributed by atoms with E-state index in [1.807, 2.05) is 13.8 Å². The van der Waals surface area contributed by atoms with E-state index < -0.39 is 16.1 Å². The highest BCUT2D eigenvalue weighted by Gasteiger charge is 2.34. The average Bonchev–Trinajstić information content (AvgIpc) is 3.26. The largest absolute Gasteiger partial charge is 0.490 e. The van der Waals surface area contributed by atoms with Gasteiger partial charge in [-0.3, -0.25) is 0 Å². The molecule has 2 aromatic rings. The quantitative estimate of drug-likeness (QED) is 0.798. The van der Waals surface area contributed by atoms with E-state index in [0.29, 0.717) is 24.6 Å². The molecule has 1 saturated heterocycles. The Morgan fingerprint density at radius 1 is 1.31 bits per heavy atom. The molecule has 2 aliphatic heterocycles. The lowest BCUT2D eigenvalue weighted by Crippen LogP contribution is -2.42. The predicted molar refractivity (Wildman–Crippen MR) is 91.4 cm³/mol.